The van der Waals surface area contributed by atoms with Crippen LogP contribution in [0.1, 0.15) is 47.0 Å². The minimum absolute atomic E-state index is 0.112. The Morgan fingerprint density at radius 2 is 1.80 bits per heavy atom. The van der Waals surface area contributed by atoms with E-state index in [0.29, 0.717) is 13.0 Å². The highest BCUT2D eigenvalue weighted by atomic mass is 16.5. The largest absolute Gasteiger partial charge is 0.492 e. The number of methoxy groups -OCH3 is 1. The Kier molecular flexibility index (Phi) is 9.53. The van der Waals surface area contributed by atoms with Gasteiger partial charge in [-0.3, -0.25) is 4.79 Å². The zero-order chi connectivity index (χ0) is 18.7. The number of rotatable bonds is 12. The average Bonchev–Trinajstić information content (AvgIpc) is 2.64. The van der Waals surface area contributed by atoms with Crippen LogP contribution in [0.15, 0.2) is 24.3 Å². The van der Waals surface area contributed by atoms with Crippen LogP contribution in [0.3, 0.4) is 0 Å². The molecule has 0 aliphatic heterocycles. The molecule has 5 nitrogen and oxygen atoms in total. The number of amides is 1. The van der Waals surface area contributed by atoms with Crippen LogP contribution < -0.4 is 10.1 Å². The van der Waals surface area contributed by atoms with E-state index in [1.165, 1.54) is 0 Å². The molecule has 0 saturated heterocycles. The van der Waals surface area contributed by atoms with Gasteiger partial charge in [0.15, 0.2) is 0 Å². The van der Waals surface area contributed by atoms with Crippen molar-refractivity contribution in [3.63, 3.8) is 0 Å². The van der Waals surface area contributed by atoms with Gasteiger partial charge in [0.25, 0.3) is 5.91 Å². The maximum atomic E-state index is 12.5. The van der Waals surface area contributed by atoms with E-state index in [1.54, 1.807) is 7.11 Å². The van der Waals surface area contributed by atoms with E-state index in [9.17, 15) is 4.79 Å². The van der Waals surface area contributed by atoms with Crippen LogP contribution in [-0.4, -0.2) is 49.8 Å². The number of hydrogen-bond donors (Lipinski definition) is 1. The topological polar surface area (TPSA) is 50.8 Å². The molecule has 142 valence electrons. The van der Waals surface area contributed by atoms with E-state index in [2.05, 4.69) is 31.0 Å². The molecule has 0 aliphatic carbocycles. The highest BCUT2D eigenvalue weighted by Crippen LogP contribution is 2.22. The third-order valence-corrected chi connectivity index (χ3v) is 4.62. The molecule has 0 fully saturated rings. The molecular formula is C20H34N2O3. The van der Waals surface area contributed by atoms with Crippen molar-refractivity contribution < 1.29 is 14.3 Å². The summed E-state index contributed by atoms with van der Waals surface area (Å²) in [7, 11) is 1.59. The number of hydrogen-bond acceptors (Lipinski definition) is 4. The lowest BCUT2D eigenvalue weighted by molar-refractivity contribution is -0.136. The second-order valence-corrected chi connectivity index (χ2v) is 6.39. The third kappa shape index (κ3) is 7.04. The van der Waals surface area contributed by atoms with Crippen molar-refractivity contribution in [3.05, 3.63) is 24.3 Å². The Hall–Kier alpha value is -1.59. The lowest BCUT2D eigenvalue weighted by atomic mass is 9.97. The average molecular weight is 351 g/mol. The van der Waals surface area contributed by atoms with Crippen molar-refractivity contribution in [1.82, 2.24) is 4.90 Å². The quantitative estimate of drug-likeness (QED) is 0.620. The van der Waals surface area contributed by atoms with Gasteiger partial charge in [0.05, 0.1) is 0 Å². The minimum Gasteiger partial charge on any atom is -0.492 e. The molecule has 0 aliphatic rings. The maximum absolute atomic E-state index is 12.5. The predicted molar refractivity (Wildman–Crippen MR) is 103 cm³/mol. The molecular weight excluding hydrogens is 316 g/mol. The number of unbranched alkanes of at least 4 members (excludes halogenated alkanes) is 1. The normalized spacial score (nSPS) is 13.5. The molecule has 25 heavy (non-hydrogen) atoms. The van der Waals surface area contributed by atoms with Gasteiger partial charge in [-0.05, 0) is 50.7 Å². The van der Waals surface area contributed by atoms with Gasteiger partial charge >= 0.3 is 0 Å². The molecule has 0 saturated carbocycles. The molecule has 0 bridgehead atoms. The molecule has 0 aromatic heterocycles. The molecule has 0 unspecified atom stereocenters. The van der Waals surface area contributed by atoms with E-state index in [0.717, 1.165) is 43.9 Å². The minimum atomic E-state index is -0.797. The monoisotopic (exact) mass is 350 g/mol. The highest BCUT2D eigenvalue weighted by Gasteiger charge is 2.32. The molecule has 5 heteroatoms. The molecule has 1 aromatic rings. The molecule has 0 heterocycles. The molecule has 1 N–H and O–H groups in total. The van der Waals surface area contributed by atoms with Crippen molar-refractivity contribution >= 4 is 11.6 Å². The fraction of sp³-hybridized carbons (Fsp3) is 0.650. The molecule has 1 rings (SSSR count). The summed E-state index contributed by atoms with van der Waals surface area (Å²) in [5.74, 6) is 0.698. The molecule has 1 atom stereocenters. The Morgan fingerprint density at radius 1 is 1.16 bits per heavy atom. The number of nitrogens with zero attached hydrogens (tertiary/aromatic N) is 1. The Labute approximate surface area is 152 Å². The zero-order valence-electron chi connectivity index (χ0n) is 16.4. The van der Waals surface area contributed by atoms with Gasteiger partial charge in [0.2, 0.25) is 0 Å². The first-order valence-corrected chi connectivity index (χ1v) is 9.30. The number of anilines is 1. The van der Waals surface area contributed by atoms with Gasteiger partial charge in [-0.25, -0.2) is 0 Å². The van der Waals surface area contributed by atoms with Gasteiger partial charge in [0, 0.05) is 19.3 Å². The van der Waals surface area contributed by atoms with Crippen LogP contribution in [0.2, 0.25) is 0 Å². The van der Waals surface area contributed by atoms with Crippen LogP contribution in [0, 0.1) is 0 Å². The summed E-state index contributed by atoms with van der Waals surface area (Å²) in [5, 5.41) is 2.93. The lowest BCUT2D eigenvalue weighted by Gasteiger charge is -2.26. The highest BCUT2D eigenvalue weighted by molar-refractivity contribution is 5.97. The Balaban J connectivity index is 2.54. The first kappa shape index (κ1) is 21.5. The summed E-state index contributed by atoms with van der Waals surface area (Å²) >= 11 is 0. The second kappa shape index (κ2) is 11.1. The number of carbonyl (C=O) groups is 1. The number of carbonyl (C=O) groups excluding carboxylic acids is 1. The zero-order valence-corrected chi connectivity index (χ0v) is 16.4. The summed E-state index contributed by atoms with van der Waals surface area (Å²) in [4.78, 5) is 14.8. The van der Waals surface area contributed by atoms with E-state index in [1.807, 2.05) is 31.2 Å². The van der Waals surface area contributed by atoms with Crippen LogP contribution in [0.4, 0.5) is 5.69 Å². The van der Waals surface area contributed by atoms with Crippen molar-refractivity contribution in [3.8, 4) is 5.75 Å². The van der Waals surface area contributed by atoms with Gasteiger partial charge in [-0.1, -0.05) is 33.6 Å². The number of nitrogens with one attached hydrogen (secondary N) is 1. The second-order valence-electron chi connectivity index (χ2n) is 6.39. The number of benzene rings is 1. The first-order valence-electron chi connectivity index (χ1n) is 9.30. The van der Waals surface area contributed by atoms with Crippen molar-refractivity contribution in [2.75, 3.05) is 38.7 Å². The van der Waals surface area contributed by atoms with Crippen molar-refractivity contribution in [2.45, 2.75) is 52.6 Å². The Morgan fingerprint density at radius 3 is 2.32 bits per heavy atom. The summed E-state index contributed by atoms with van der Waals surface area (Å²) in [6, 6.07) is 7.49. The summed E-state index contributed by atoms with van der Waals surface area (Å²) in [6.07, 6.45) is 2.70. The number of likely N-dealkylation sites (N-methyl/N-ethyl adjacent to an activating group) is 1. The van der Waals surface area contributed by atoms with Crippen LogP contribution in [-0.2, 0) is 9.53 Å². The van der Waals surface area contributed by atoms with Gasteiger partial charge in [0.1, 0.15) is 18.0 Å². The van der Waals surface area contributed by atoms with E-state index in [4.69, 9.17) is 9.47 Å². The SMILES string of the molecule is CCCC[C@@](C)(OC)C(=O)Nc1ccc(OCCN(CC)CC)cc1. The van der Waals surface area contributed by atoms with Crippen molar-refractivity contribution in [2.24, 2.45) is 0 Å². The van der Waals surface area contributed by atoms with Crippen LogP contribution in [0.25, 0.3) is 0 Å². The summed E-state index contributed by atoms with van der Waals surface area (Å²) in [6.45, 7) is 11.9. The Bertz CT molecular complexity index is 500. The molecule has 0 spiro atoms. The third-order valence-electron chi connectivity index (χ3n) is 4.62. The first-order chi connectivity index (χ1) is 12.0. The van der Waals surface area contributed by atoms with E-state index in [-0.39, 0.29) is 5.91 Å². The van der Waals surface area contributed by atoms with Crippen LogP contribution in [0.5, 0.6) is 5.75 Å². The van der Waals surface area contributed by atoms with Crippen LogP contribution >= 0.6 is 0 Å². The maximum Gasteiger partial charge on any atom is 0.256 e. The summed E-state index contributed by atoms with van der Waals surface area (Å²) < 4.78 is 11.2. The van der Waals surface area contributed by atoms with Crippen molar-refractivity contribution in [1.29, 1.82) is 0 Å². The standard InChI is InChI=1S/C20H34N2O3/c1-6-9-14-20(4,24-5)19(23)21-17-10-12-18(13-11-17)25-16-15-22(7-2)8-3/h10-13H,6-9,14-16H2,1-5H3,(H,21,23)/t20-/m1/s1. The van der Waals surface area contributed by atoms with E-state index >= 15 is 0 Å². The molecule has 1 aromatic carbocycles. The fourth-order valence-electron chi connectivity index (χ4n) is 2.55. The van der Waals surface area contributed by atoms with Gasteiger partial charge < -0.3 is 19.7 Å². The van der Waals surface area contributed by atoms with Gasteiger partial charge in [-0.15, -0.1) is 0 Å². The molecule has 1 amide bonds. The summed E-state index contributed by atoms with van der Waals surface area (Å²) in [5.41, 5.74) is -0.0459. The predicted octanol–water partition coefficient (Wildman–Crippen LogP) is 3.94. The lowest BCUT2D eigenvalue weighted by Crippen LogP contribution is -2.41. The number of ether oxygens (including phenoxy) is 2. The molecule has 0 radical (unpaired) electrons. The fourth-order valence-corrected chi connectivity index (χ4v) is 2.55. The van der Waals surface area contributed by atoms with Gasteiger partial charge in [-0.2, -0.15) is 0 Å². The smallest absolute Gasteiger partial charge is 0.256 e. The van der Waals surface area contributed by atoms with E-state index < -0.39 is 5.60 Å².